The summed E-state index contributed by atoms with van der Waals surface area (Å²) in [5.74, 6) is 1.84. The number of carbonyl (C=O) groups excluding carboxylic acids is 1. The number of hydrogen-bond donors (Lipinski definition) is 2. The number of likely N-dealkylation sites (N-methyl/N-ethyl adjacent to an activating group) is 1. The van der Waals surface area contributed by atoms with Crippen LogP contribution in [0, 0.1) is 0 Å². The minimum atomic E-state index is -0.177. The summed E-state index contributed by atoms with van der Waals surface area (Å²) in [5, 5.41) is 3.56. The van der Waals surface area contributed by atoms with Gasteiger partial charge in [0.05, 0.1) is 30.0 Å². The number of hydrogen-bond acceptors (Lipinski definition) is 6. The van der Waals surface area contributed by atoms with Gasteiger partial charge in [-0.1, -0.05) is 25.1 Å². The average Bonchev–Trinajstić information content (AvgIpc) is 3.21. The summed E-state index contributed by atoms with van der Waals surface area (Å²) in [6.45, 7) is 5.32. The Bertz CT molecular complexity index is 1130. The zero-order valence-corrected chi connectivity index (χ0v) is 17.0. The number of benzene rings is 2. The van der Waals surface area contributed by atoms with Crippen molar-refractivity contribution in [3.63, 3.8) is 0 Å². The fourth-order valence-corrected chi connectivity index (χ4v) is 3.46. The third kappa shape index (κ3) is 4.28. The Morgan fingerprint density at radius 2 is 2.03 bits per heavy atom. The SMILES string of the molecule is CCN(CC(=O)N[C@@H](C)c1ccc2c(c1)OCO2)Cc1nc2ccccc2c(=O)[nH]1. The van der Waals surface area contributed by atoms with Crippen LogP contribution in [0.3, 0.4) is 0 Å². The van der Waals surface area contributed by atoms with Crippen molar-refractivity contribution in [2.75, 3.05) is 19.9 Å². The first-order valence-electron chi connectivity index (χ1n) is 9.92. The summed E-state index contributed by atoms with van der Waals surface area (Å²) in [6.07, 6.45) is 0. The van der Waals surface area contributed by atoms with E-state index >= 15 is 0 Å². The van der Waals surface area contributed by atoms with Gasteiger partial charge >= 0.3 is 0 Å². The van der Waals surface area contributed by atoms with Crippen LogP contribution in [0.25, 0.3) is 10.9 Å². The van der Waals surface area contributed by atoms with Crippen molar-refractivity contribution in [3.8, 4) is 11.5 Å². The normalized spacial score (nSPS) is 13.6. The number of carbonyl (C=O) groups is 1. The van der Waals surface area contributed by atoms with Crippen LogP contribution in [-0.2, 0) is 11.3 Å². The smallest absolute Gasteiger partial charge is 0.258 e. The molecule has 0 spiro atoms. The molecule has 1 aliphatic rings. The number of para-hydroxylation sites is 1. The largest absolute Gasteiger partial charge is 0.454 e. The zero-order valence-electron chi connectivity index (χ0n) is 17.0. The van der Waals surface area contributed by atoms with Gasteiger partial charge in [0.25, 0.3) is 5.56 Å². The fourth-order valence-electron chi connectivity index (χ4n) is 3.46. The molecule has 1 atom stereocenters. The predicted octanol–water partition coefficient (Wildman–Crippen LogP) is 2.35. The lowest BCUT2D eigenvalue weighted by atomic mass is 10.1. The summed E-state index contributed by atoms with van der Waals surface area (Å²) < 4.78 is 10.7. The Morgan fingerprint density at radius 1 is 1.23 bits per heavy atom. The van der Waals surface area contributed by atoms with E-state index < -0.39 is 0 Å². The maximum Gasteiger partial charge on any atom is 0.258 e. The van der Waals surface area contributed by atoms with Gasteiger partial charge in [-0.25, -0.2) is 4.98 Å². The Balaban J connectivity index is 1.39. The summed E-state index contributed by atoms with van der Waals surface area (Å²) in [6, 6.07) is 12.7. The van der Waals surface area contributed by atoms with Crippen LogP contribution in [0.4, 0.5) is 0 Å². The van der Waals surface area contributed by atoms with Crippen molar-refractivity contribution in [2.24, 2.45) is 0 Å². The van der Waals surface area contributed by atoms with Gasteiger partial charge in [0.1, 0.15) is 5.82 Å². The number of aromatic amines is 1. The third-order valence-electron chi connectivity index (χ3n) is 5.12. The van der Waals surface area contributed by atoms with Crippen LogP contribution >= 0.6 is 0 Å². The molecule has 2 heterocycles. The Kier molecular flexibility index (Phi) is 5.67. The molecular formula is C22H24N4O4. The fraction of sp³-hybridized carbons (Fsp3) is 0.318. The molecule has 8 heteroatoms. The predicted molar refractivity (Wildman–Crippen MR) is 112 cm³/mol. The van der Waals surface area contributed by atoms with Gasteiger partial charge in [-0.15, -0.1) is 0 Å². The molecule has 8 nitrogen and oxygen atoms in total. The van der Waals surface area contributed by atoms with E-state index in [0.29, 0.717) is 41.3 Å². The highest BCUT2D eigenvalue weighted by atomic mass is 16.7. The number of nitrogens with one attached hydrogen (secondary N) is 2. The number of aromatic nitrogens is 2. The maximum absolute atomic E-state index is 12.6. The summed E-state index contributed by atoms with van der Waals surface area (Å²) >= 11 is 0. The molecular weight excluding hydrogens is 384 g/mol. The summed E-state index contributed by atoms with van der Waals surface area (Å²) in [4.78, 5) is 34.1. The lowest BCUT2D eigenvalue weighted by Crippen LogP contribution is -2.38. The van der Waals surface area contributed by atoms with Crippen LogP contribution < -0.4 is 20.3 Å². The van der Waals surface area contributed by atoms with Crippen molar-refractivity contribution in [2.45, 2.75) is 26.4 Å². The molecule has 1 aromatic heterocycles. The molecule has 0 fully saturated rings. The van der Waals surface area contributed by atoms with E-state index in [2.05, 4.69) is 15.3 Å². The highest BCUT2D eigenvalue weighted by molar-refractivity contribution is 5.78. The first-order chi connectivity index (χ1) is 14.5. The third-order valence-corrected chi connectivity index (χ3v) is 5.12. The van der Waals surface area contributed by atoms with Gasteiger partial charge < -0.3 is 19.8 Å². The van der Waals surface area contributed by atoms with E-state index in [1.165, 1.54) is 0 Å². The second-order valence-corrected chi connectivity index (χ2v) is 7.23. The summed E-state index contributed by atoms with van der Waals surface area (Å²) in [7, 11) is 0. The van der Waals surface area contributed by atoms with E-state index in [9.17, 15) is 9.59 Å². The molecule has 2 aromatic carbocycles. The standard InChI is InChI=1S/C22H24N4O4/c1-3-26(11-20-24-17-7-5-4-6-16(17)22(28)25-20)12-21(27)23-14(2)15-8-9-18-19(10-15)30-13-29-18/h4-10,14H,3,11-13H2,1-2H3,(H,23,27)(H,24,25,28)/t14-/m0/s1. The van der Waals surface area contributed by atoms with Crippen molar-refractivity contribution < 1.29 is 14.3 Å². The van der Waals surface area contributed by atoms with Crippen LogP contribution in [0.15, 0.2) is 47.3 Å². The maximum atomic E-state index is 12.6. The van der Waals surface area contributed by atoms with Crippen molar-refractivity contribution in [1.82, 2.24) is 20.2 Å². The minimum absolute atomic E-state index is 0.106. The Labute approximate surface area is 173 Å². The number of ether oxygens (including phenoxy) is 2. The highest BCUT2D eigenvalue weighted by Crippen LogP contribution is 2.34. The Morgan fingerprint density at radius 3 is 2.87 bits per heavy atom. The van der Waals surface area contributed by atoms with Gasteiger partial charge in [-0.2, -0.15) is 0 Å². The van der Waals surface area contributed by atoms with Crippen molar-refractivity contribution in [1.29, 1.82) is 0 Å². The average molecular weight is 408 g/mol. The minimum Gasteiger partial charge on any atom is -0.454 e. The summed E-state index contributed by atoms with van der Waals surface area (Å²) in [5.41, 5.74) is 1.41. The van der Waals surface area contributed by atoms with Crippen LogP contribution in [-0.4, -0.2) is 40.7 Å². The topological polar surface area (TPSA) is 96.6 Å². The number of amides is 1. The number of rotatable bonds is 7. The van der Waals surface area contributed by atoms with Gasteiger partial charge in [-0.3, -0.25) is 14.5 Å². The van der Waals surface area contributed by atoms with Gasteiger partial charge in [0, 0.05) is 0 Å². The van der Waals surface area contributed by atoms with Crippen molar-refractivity contribution >= 4 is 16.8 Å². The second-order valence-electron chi connectivity index (χ2n) is 7.23. The van der Waals surface area contributed by atoms with Crippen LogP contribution in [0.1, 0.15) is 31.3 Å². The van der Waals surface area contributed by atoms with Crippen LogP contribution in [0.5, 0.6) is 11.5 Å². The van der Waals surface area contributed by atoms with Crippen molar-refractivity contribution in [3.05, 3.63) is 64.2 Å². The Hall–Kier alpha value is -3.39. The van der Waals surface area contributed by atoms with E-state index in [4.69, 9.17) is 9.47 Å². The molecule has 0 saturated heterocycles. The molecule has 0 bridgehead atoms. The second kappa shape index (κ2) is 8.54. The molecule has 1 amide bonds. The molecule has 0 aliphatic carbocycles. The molecule has 3 aromatic rings. The molecule has 30 heavy (non-hydrogen) atoms. The number of fused-ring (bicyclic) bond motifs is 2. The molecule has 0 saturated carbocycles. The lowest BCUT2D eigenvalue weighted by Gasteiger charge is -2.21. The first-order valence-corrected chi connectivity index (χ1v) is 9.92. The van der Waals surface area contributed by atoms with Crippen LogP contribution in [0.2, 0.25) is 0 Å². The zero-order chi connectivity index (χ0) is 21.1. The molecule has 4 rings (SSSR count). The lowest BCUT2D eigenvalue weighted by molar-refractivity contribution is -0.123. The van der Waals surface area contributed by atoms with Gasteiger partial charge in [-0.05, 0) is 43.3 Å². The molecule has 1 aliphatic heterocycles. The molecule has 0 unspecified atom stereocenters. The number of nitrogens with zero attached hydrogens (tertiary/aromatic N) is 2. The molecule has 0 radical (unpaired) electrons. The first kappa shape index (κ1) is 19.9. The highest BCUT2D eigenvalue weighted by Gasteiger charge is 2.18. The van der Waals surface area contributed by atoms with Gasteiger partial charge in [0.2, 0.25) is 12.7 Å². The molecule has 156 valence electrons. The number of H-pyrrole nitrogens is 1. The quantitative estimate of drug-likeness (QED) is 0.623. The van der Waals surface area contributed by atoms with E-state index in [1.54, 1.807) is 6.07 Å². The van der Waals surface area contributed by atoms with E-state index in [0.717, 1.165) is 5.56 Å². The van der Waals surface area contributed by atoms with E-state index in [-0.39, 0.29) is 30.8 Å². The van der Waals surface area contributed by atoms with Gasteiger partial charge in [0.15, 0.2) is 11.5 Å². The monoisotopic (exact) mass is 408 g/mol. The van der Waals surface area contributed by atoms with E-state index in [1.807, 2.05) is 55.1 Å². The molecule has 2 N–H and O–H groups in total.